The molecule has 0 saturated heterocycles. The topological polar surface area (TPSA) is 94.8 Å². The summed E-state index contributed by atoms with van der Waals surface area (Å²) in [6, 6.07) is 3.69. The third-order valence-electron chi connectivity index (χ3n) is 2.93. The molecule has 0 aromatic heterocycles. The largest absolute Gasteiger partial charge is 0.493 e. The molecule has 1 amide bonds. The van der Waals surface area contributed by atoms with Crippen molar-refractivity contribution in [1.29, 1.82) is 0 Å². The van der Waals surface area contributed by atoms with Crippen LogP contribution in [0.3, 0.4) is 0 Å². The zero-order valence-electron chi connectivity index (χ0n) is 12.5. The quantitative estimate of drug-likeness (QED) is 0.476. The molecular formula is C14H24ClN3O3+2. The molecular weight excluding hydrogens is 294 g/mol. The molecule has 6 nitrogen and oxygen atoms in total. The number of halogens is 1. The summed E-state index contributed by atoms with van der Waals surface area (Å²) in [5, 5.41) is 4.80. The van der Waals surface area contributed by atoms with Gasteiger partial charge in [-0.05, 0) is 12.1 Å². The number of carbonyl (C=O) groups excluding carboxylic acids is 1. The lowest BCUT2D eigenvalue weighted by molar-refractivity contribution is -0.682. The van der Waals surface area contributed by atoms with E-state index in [1.54, 1.807) is 0 Å². The van der Waals surface area contributed by atoms with Gasteiger partial charge in [0, 0.05) is 12.0 Å². The van der Waals surface area contributed by atoms with Gasteiger partial charge in [0.15, 0.2) is 18.1 Å². The number of rotatable bonds is 10. The van der Waals surface area contributed by atoms with Crippen molar-refractivity contribution in [3.63, 3.8) is 0 Å². The molecule has 0 aliphatic carbocycles. The van der Waals surface area contributed by atoms with Crippen LogP contribution in [0.15, 0.2) is 12.1 Å². The van der Waals surface area contributed by atoms with Crippen LogP contribution in [0.25, 0.3) is 0 Å². The van der Waals surface area contributed by atoms with Crippen LogP contribution >= 0.6 is 11.6 Å². The van der Waals surface area contributed by atoms with Gasteiger partial charge in [-0.1, -0.05) is 11.6 Å². The minimum atomic E-state index is -0.557. The fourth-order valence-corrected chi connectivity index (χ4v) is 2.20. The number of hydrogen-bond donors (Lipinski definition) is 3. The van der Waals surface area contributed by atoms with Crippen molar-refractivity contribution in [2.75, 3.05) is 33.9 Å². The first-order valence-corrected chi connectivity index (χ1v) is 7.33. The number of primary amides is 1. The van der Waals surface area contributed by atoms with Gasteiger partial charge in [0.25, 0.3) is 5.91 Å². The Morgan fingerprint density at radius 1 is 1.38 bits per heavy atom. The van der Waals surface area contributed by atoms with Gasteiger partial charge in [0.1, 0.15) is 6.54 Å². The number of carbonyl (C=O) groups is 1. The number of hydrogen-bond acceptors (Lipinski definition) is 3. The first-order chi connectivity index (χ1) is 10.1. The van der Waals surface area contributed by atoms with Gasteiger partial charge < -0.3 is 25.8 Å². The lowest BCUT2D eigenvalue weighted by Gasteiger charge is -2.13. The molecule has 0 heterocycles. The molecule has 0 unspecified atom stereocenters. The minimum absolute atomic E-state index is 0.227. The molecule has 0 spiro atoms. The van der Waals surface area contributed by atoms with E-state index >= 15 is 0 Å². The molecule has 0 saturated carbocycles. The standard InChI is InChI=1S/C14H22ClN3O3/c1-17-4-3-5-18-8-10-6-11(15)14(12(7-10)20-2)21-9-13(16)19/h6-7,17-18H,3-5,8-9H2,1-2H3,(H2,16,19)/p+2. The molecule has 118 valence electrons. The first kappa shape index (κ1) is 17.6. The predicted molar refractivity (Wildman–Crippen MR) is 80.5 cm³/mol. The highest BCUT2D eigenvalue weighted by molar-refractivity contribution is 6.32. The highest BCUT2D eigenvalue weighted by atomic mass is 35.5. The van der Waals surface area contributed by atoms with Gasteiger partial charge in [-0.3, -0.25) is 4.79 Å². The number of amides is 1. The summed E-state index contributed by atoms with van der Waals surface area (Å²) in [7, 11) is 3.60. The van der Waals surface area contributed by atoms with E-state index in [2.05, 4.69) is 17.7 Å². The molecule has 1 rings (SSSR count). The molecule has 0 fully saturated rings. The van der Waals surface area contributed by atoms with Gasteiger partial charge >= 0.3 is 0 Å². The fraction of sp³-hybridized carbons (Fsp3) is 0.500. The molecule has 1 aromatic carbocycles. The number of ether oxygens (including phenoxy) is 2. The van der Waals surface area contributed by atoms with Crippen molar-refractivity contribution in [3.05, 3.63) is 22.7 Å². The Hall–Kier alpha value is -1.50. The van der Waals surface area contributed by atoms with Crippen LogP contribution < -0.4 is 25.8 Å². The van der Waals surface area contributed by atoms with Crippen molar-refractivity contribution in [3.8, 4) is 11.5 Å². The Morgan fingerprint density at radius 2 is 2.14 bits per heavy atom. The summed E-state index contributed by atoms with van der Waals surface area (Å²) in [5.74, 6) is 0.301. The second kappa shape index (κ2) is 9.44. The van der Waals surface area contributed by atoms with Crippen LogP contribution in [0.4, 0.5) is 0 Å². The van der Waals surface area contributed by atoms with E-state index in [1.807, 2.05) is 12.1 Å². The second-order valence-corrected chi connectivity index (χ2v) is 5.10. The Balaban J connectivity index is 2.67. The molecule has 0 aliphatic heterocycles. The number of nitrogens with two attached hydrogens (primary N) is 3. The summed E-state index contributed by atoms with van der Waals surface area (Å²) < 4.78 is 10.6. The molecule has 0 aliphatic rings. The van der Waals surface area contributed by atoms with Gasteiger partial charge in [-0.25, -0.2) is 0 Å². The monoisotopic (exact) mass is 317 g/mol. The smallest absolute Gasteiger partial charge is 0.255 e. The maximum atomic E-state index is 10.8. The van der Waals surface area contributed by atoms with E-state index < -0.39 is 5.91 Å². The Kier molecular flexibility index (Phi) is 7.89. The molecule has 0 bridgehead atoms. The maximum Gasteiger partial charge on any atom is 0.255 e. The Labute approximate surface area is 129 Å². The number of methoxy groups -OCH3 is 1. The normalized spacial score (nSPS) is 10.4. The van der Waals surface area contributed by atoms with Gasteiger partial charge in [-0.2, -0.15) is 0 Å². The van der Waals surface area contributed by atoms with Gasteiger partial charge in [0.2, 0.25) is 0 Å². The van der Waals surface area contributed by atoms with E-state index in [4.69, 9.17) is 26.8 Å². The summed E-state index contributed by atoms with van der Waals surface area (Å²) in [6.45, 7) is 2.77. The van der Waals surface area contributed by atoms with Gasteiger partial charge in [-0.15, -0.1) is 0 Å². The van der Waals surface area contributed by atoms with Crippen LogP contribution in [0.5, 0.6) is 11.5 Å². The van der Waals surface area contributed by atoms with Crippen LogP contribution in [-0.2, 0) is 11.3 Å². The summed E-state index contributed by atoms with van der Waals surface area (Å²) in [5.41, 5.74) is 6.11. The van der Waals surface area contributed by atoms with Crippen molar-refractivity contribution in [2.24, 2.45) is 5.73 Å². The predicted octanol–water partition coefficient (Wildman–Crippen LogP) is -1.14. The van der Waals surface area contributed by atoms with E-state index in [9.17, 15) is 4.79 Å². The van der Waals surface area contributed by atoms with Crippen LogP contribution in [0, 0.1) is 0 Å². The summed E-state index contributed by atoms with van der Waals surface area (Å²) in [4.78, 5) is 10.8. The molecule has 21 heavy (non-hydrogen) atoms. The SMILES string of the molecule is C[NH2+]CCC[NH2+]Cc1cc(Cl)c(OCC(N)=O)c(OC)c1. The summed E-state index contributed by atoms with van der Waals surface area (Å²) in [6.07, 6.45) is 1.15. The van der Waals surface area contributed by atoms with Crippen LogP contribution in [-0.4, -0.2) is 39.8 Å². The maximum absolute atomic E-state index is 10.8. The number of benzene rings is 1. The first-order valence-electron chi connectivity index (χ1n) is 6.95. The molecule has 7 heteroatoms. The van der Waals surface area contributed by atoms with Crippen molar-refractivity contribution < 1.29 is 24.9 Å². The summed E-state index contributed by atoms with van der Waals surface area (Å²) >= 11 is 6.18. The lowest BCUT2D eigenvalue weighted by Crippen LogP contribution is -2.85. The minimum Gasteiger partial charge on any atom is -0.493 e. The highest BCUT2D eigenvalue weighted by Crippen LogP contribution is 2.36. The van der Waals surface area contributed by atoms with Crippen molar-refractivity contribution >= 4 is 17.5 Å². The van der Waals surface area contributed by atoms with E-state index in [0.29, 0.717) is 16.5 Å². The van der Waals surface area contributed by atoms with E-state index in [1.165, 1.54) is 7.11 Å². The zero-order valence-corrected chi connectivity index (χ0v) is 13.3. The lowest BCUT2D eigenvalue weighted by atomic mass is 10.2. The fourth-order valence-electron chi connectivity index (χ4n) is 1.91. The average Bonchev–Trinajstić information content (AvgIpc) is 2.45. The molecule has 1 aromatic rings. The van der Waals surface area contributed by atoms with Crippen LogP contribution in [0.2, 0.25) is 5.02 Å². The molecule has 6 N–H and O–H groups in total. The van der Waals surface area contributed by atoms with Crippen molar-refractivity contribution in [2.45, 2.75) is 13.0 Å². The third kappa shape index (κ3) is 6.20. The number of quaternary nitrogens is 2. The average molecular weight is 318 g/mol. The van der Waals surface area contributed by atoms with E-state index in [-0.39, 0.29) is 6.61 Å². The molecule has 0 atom stereocenters. The van der Waals surface area contributed by atoms with Crippen LogP contribution in [0.1, 0.15) is 12.0 Å². The Bertz CT molecular complexity index is 469. The molecule has 0 radical (unpaired) electrons. The third-order valence-corrected chi connectivity index (χ3v) is 3.21. The second-order valence-electron chi connectivity index (χ2n) is 4.70. The Morgan fingerprint density at radius 3 is 2.76 bits per heavy atom. The van der Waals surface area contributed by atoms with Crippen molar-refractivity contribution in [1.82, 2.24) is 0 Å². The van der Waals surface area contributed by atoms with Gasteiger partial charge in [0.05, 0.1) is 32.3 Å². The highest BCUT2D eigenvalue weighted by Gasteiger charge is 2.13. The zero-order chi connectivity index (χ0) is 15.7. The van der Waals surface area contributed by atoms with E-state index in [0.717, 1.165) is 31.6 Å².